The molecule has 0 radical (unpaired) electrons. The first-order valence-electron chi connectivity index (χ1n) is 18.1. The van der Waals surface area contributed by atoms with Crippen molar-refractivity contribution in [3.05, 3.63) is 62.3 Å². The lowest BCUT2D eigenvalue weighted by molar-refractivity contribution is -0.146. The number of ether oxygens (including phenoxy) is 2. The Balaban J connectivity index is -0.000000857. The van der Waals surface area contributed by atoms with Crippen LogP contribution in [0, 0.1) is 0 Å². The quantitative estimate of drug-likeness (QED) is 0.0271. The van der Waals surface area contributed by atoms with Gasteiger partial charge in [0.25, 0.3) is 0 Å². The first-order valence-corrected chi connectivity index (χ1v) is 18.1. The number of esters is 2. The summed E-state index contributed by atoms with van der Waals surface area (Å²) in [5, 5.41) is 24.6. The van der Waals surface area contributed by atoms with E-state index < -0.39 is 30.3 Å². The number of hydrogen-bond acceptors (Lipinski definition) is 7. The van der Waals surface area contributed by atoms with Crippen molar-refractivity contribution in [2.45, 2.75) is 148 Å². The van der Waals surface area contributed by atoms with Gasteiger partial charge in [-0.25, -0.2) is 9.59 Å². The monoisotopic (exact) mass is 692 g/mol. The standard InChI is InChI=1S/C25H42O4.C10H20O.C5H6O4/c1-4-6-8-10-12-14-16-18-20-28-24(26)22-23(3)25(27)29-21-19-17-15-13-11-9-7-5-2;1-2-3-4-5-6-7-8-9-10-11;1-3(5(8)9)2-4(6)7/h4-5H,1-3,6-22H2;2,11H,1,3-10H2;1-2H2,(H,6,7)(H,8,9). The number of allylic oxidation sites excluding steroid dienone is 3. The van der Waals surface area contributed by atoms with Gasteiger partial charge in [0, 0.05) is 17.8 Å². The predicted octanol–water partition coefficient (Wildman–Crippen LogP) is 9.85. The molecule has 9 heteroatoms. The number of aliphatic carboxylic acids is 2. The Labute approximate surface area is 297 Å². The normalized spacial score (nSPS) is 9.90. The molecule has 0 saturated carbocycles. The van der Waals surface area contributed by atoms with Crippen LogP contribution < -0.4 is 0 Å². The second-order valence-electron chi connectivity index (χ2n) is 11.9. The smallest absolute Gasteiger partial charge is 0.333 e. The zero-order valence-electron chi connectivity index (χ0n) is 30.4. The molecule has 0 rings (SSSR count). The van der Waals surface area contributed by atoms with Crippen LogP contribution >= 0.6 is 0 Å². The van der Waals surface area contributed by atoms with Gasteiger partial charge in [0.05, 0.1) is 26.1 Å². The highest BCUT2D eigenvalue weighted by Crippen LogP contribution is 2.11. The molecule has 0 aliphatic carbocycles. The van der Waals surface area contributed by atoms with Gasteiger partial charge in [0.15, 0.2) is 0 Å². The van der Waals surface area contributed by atoms with Crippen molar-refractivity contribution >= 4 is 23.9 Å². The number of rotatable bonds is 32. The maximum Gasteiger partial charge on any atom is 0.333 e. The Morgan fingerprint density at radius 2 is 0.857 bits per heavy atom. The first-order chi connectivity index (χ1) is 23.6. The van der Waals surface area contributed by atoms with Crippen LogP contribution in [-0.2, 0) is 28.7 Å². The Morgan fingerprint density at radius 1 is 0.490 bits per heavy atom. The number of hydrogen-bond donors (Lipinski definition) is 3. The van der Waals surface area contributed by atoms with Gasteiger partial charge in [-0.05, 0) is 57.8 Å². The van der Waals surface area contributed by atoms with Gasteiger partial charge in [-0.15, -0.1) is 19.7 Å². The summed E-state index contributed by atoms with van der Waals surface area (Å²) in [4.78, 5) is 43.3. The van der Waals surface area contributed by atoms with E-state index in [4.69, 9.17) is 24.8 Å². The van der Waals surface area contributed by atoms with Crippen molar-refractivity contribution in [2.24, 2.45) is 0 Å². The Bertz CT molecular complexity index is 907. The summed E-state index contributed by atoms with van der Waals surface area (Å²) in [6.45, 7) is 18.9. The summed E-state index contributed by atoms with van der Waals surface area (Å²) < 4.78 is 10.4. The van der Waals surface area contributed by atoms with Crippen LogP contribution in [0.3, 0.4) is 0 Å². The third-order valence-corrected chi connectivity index (χ3v) is 7.23. The molecule has 0 bridgehead atoms. The zero-order chi connectivity index (χ0) is 37.4. The van der Waals surface area contributed by atoms with Gasteiger partial charge in [0.1, 0.15) is 0 Å². The maximum absolute atomic E-state index is 11.9. The molecule has 0 aromatic heterocycles. The van der Waals surface area contributed by atoms with Crippen LogP contribution in [-0.4, -0.2) is 59.0 Å². The van der Waals surface area contributed by atoms with Crippen LogP contribution in [0.1, 0.15) is 148 Å². The second-order valence-corrected chi connectivity index (χ2v) is 11.9. The minimum Gasteiger partial charge on any atom is -0.481 e. The van der Waals surface area contributed by atoms with Gasteiger partial charge in [-0.2, -0.15) is 0 Å². The van der Waals surface area contributed by atoms with E-state index in [9.17, 15) is 19.2 Å². The van der Waals surface area contributed by atoms with E-state index in [0.717, 1.165) is 64.2 Å². The maximum atomic E-state index is 11.9. The number of aliphatic hydroxyl groups is 1. The highest BCUT2D eigenvalue weighted by atomic mass is 16.5. The molecule has 49 heavy (non-hydrogen) atoms. The molecule has 0 heterocycles. The van der Waals surface area contributed by atoms with Gasteiger partial charge in [-0.3, -0.25) is 9.59 Å². The molecule has 0 fully saturated rings. The molecule has 0 amide bonds. The highest BCUT2D eigenvalue weighted by Gasteiger charge is 2.14. The van der Waals surface area contributed by atoms with Crippen molar-refractivity contribution in [1.82, 2.24) is 0 Å². The molecule has 282 valence electrons. The lowest BCUT2D eigenvalue weighted by Crippen LogP contribution is -2.14. The molecule has 0 saturated heterocycles. The lowest BCUT2D eigenvalue weighted by Gasteiger charge is -2.08. The van der Waals surface area contributed by atoms with Crippen molar-refractivity contribution in [2.75, 3.05) is 19.8 Å². The molecular formula is C40H68O9. The van der Waals surface area contributed by atoms with Crippen molar-refractivity contribution < 1.29 is 44.0 Å². The second kappa shape index (κ2) is 40.7. The zero-order valence-corrected chi connectivity index (χ0v) is 30.4. The van der Waals surface area contributed by atoms with E-state index in [1.165, 1.54) is 70.6 Å². The fourth-order valence-electron chi connectivity index (χ4n) is 4.31. The minimum absolute atomic E-state index is 0.0936. The summed E-state index contributed by atoms with van der Waals surface area (Å²) >= 11 is 0. The van der Waals surface area contributed by atoms with E-state index in [-0.39, 0.29) is 17.6 Å². The number of carboxylic acids is 2. The number of carboxylic acid groups (broad SMARTS) is 2. The third kappa shape index (κ3) is 44.5. The van der Waals surface area contributed by atoms with E-state index in [1.54, 1.807) is 0 Å². The molecule has 0 spiro atoms. The summed E-state index contributed by atoms with van der Waals surface area (Å²) in [6, 6.07) is 0. The first kappa shape index (κ1) is 49.9. The molecule has 9 nitrogen and oxygen atoms in total. The average Bonchev–Trinajstić information content (AvgIpc) is 3.06. The fraction of sp³-hybridized carbons (Fsp3) is 0.650. The number of carbonyl (C=O) groups excluding carboxylic acids is 2. The Morgan fingerprint density at radius 3 is 1.20 bits per heavy atom. The molecule has 0 aliphatic rings. The largest absolute Gasteiger partial charge is 0.481 e. The van der Waals surface area contributed by atoms with Crippen molar-refractivity contribution in [1.29, 1.82) is 0 Å². The molecule has 0 aliphatic heterocycles. The highest BCUT2D eigenvalue weighted by molar-refractivity contribution is 5.93. The van der Waals surface area contributed by atoms with E-state index in [0.29, 0.717) is 19.8 Å². The molecule has 0 atom stereocenters. The van der Waals surface area contributed by atoms with Crippen LogP contribution in [0.25, 0.3) is 0 Å². The van der Waals surface area contributed by atoms with E-state index in [1.807, 2.05) is 18.2 Å². The average molecular weight is 693 g/mol. The summed E-state index contributed by atoms with van der Waals surface area (Å²) in [6.07, 6.45) is 29.3. The molecule has 0 unspecified atom stereocenters. The summed E-state index contributed by atoms with van der Waals surface area (Å²) in [5.41, 5.74) is -0.135. The SMILES string of the molecule is C=C(CC(=O)O)C(=O)O.C=CCCCCCCCCO.C=CCCCCCCCCOC(=O)CC(=C)C(=O)OCCCCCCCCC=C. The van der Waals surface area contributed by atoms with Gasteiger partial charge < -0.3 is 24.8 Å². The van der Waals surface area contributed by atoms with E-state index >= 15 is 0 Å². The van der Waals surface area contributed by atoms with Crippen LogP contribution in [0.4, 0.5) is 0 Å². The predicted molar refractivity (Wildman–Crippen MR) is 199 cm³/mol. The summed E-state index contributed by atoms with van der Waals surface area (Å²) in [7, 11) is 0. The van der Waals surface area contributed by atoms with Gasteiger partial charge >= 0.3 is 23.9 Å². The Kier molecular flexibility index (Phi) is 41.5. The molecule has 0 aromatic rings. The van der Waals surface area contributed by atoms with Crippen LogP contribution in [0.15, 0.2) is 62.3 Å². The molecule has 0 aromatic carbocycles. The van der Waals surface area contributed by atoms with Crippen LogP contribution in [0.5, 0.6) is 0 Å². The summed E-state index contributed by atoms with van der Waals surface area (Å²) in [5.74, 6) is -3.34. The van der Waals surface area contributed by atoms with Crippen LogP contribution in [0.2, 0.25) is 0 Å². The number of carbonyl (C=O) groups is 4. The molecular weight excluding hydrogens is 624 g/mol. The van der Waals surface area contributed by atoms with E-state index in [2.05, 4.69) is 32.9 Å². The molecule has 3 N–H and O–H groups in total. The van der Waals surface area contributed by atoms with Gasteiger partial charge in [-0.1, -0.05) is 108 Å². The topological polar surface area (TPSA) is 147 Å². The third-order valence-electron chi connectivity index (χ3n) is 7.23. The number of unbranched alkanes of at least 4 members (excludes halogenated alkanes) is 18. The van der Waals surface area contributed by atoms with Crippen molar-refractivity contribution in [3.63, 3.8) is 0 Å². The minimum atomic E-state index is -1.27. The number of aliphatic hydroxyl groups excluding tert-OH is 1. The fourth-order valence-corrected chi connectivity index (χ4v) is 4.31. The lowest BCUT2D eigenvalue weighted by atomic mass is 10.1. The Hall–Kier alpha value is -3.46. The van der Waals surface area contributed by atoms with Gasteiger partial charge in [0.2, 0.25) is 0 Å². The van der Waals surface area contributed by atoms with Crippen molar-refractivity contribution in [3.8, 4) is 0 Å².